The molecule has 0 aliphatic carbocycles. The van der Waals surface area contributed by atoms with Gasteiger partial charge in [-0.1, -0.05) is 6.07 Å². The Bertz CT molecular complexity index is 1270. The summed E-state index contributed by atoms with van der Waals surface area (Å²) in [5.41, 5.74) is 13.1. The number of hydrogen-bond acceptors (Lipinski definition) is 4. The first-order valence-corrected chi connectivity index (χ1v) is 9.91. The zero-order valence-corrected chi connectivity index (χ0v) is 16.7. The maximum Gasteiger partial charge on any atom is 0.123 e. The van der Waals surface area contributed by atoms with Gasteiger partial charge < -0.3 is 15.7 Å². The van der Waals surface area contributed by atoms with E-state index in [1.165, 1.54) is 0 Å². The van der Waals surface area contributed by atoms with Crippen LogP contribution in [-0.4, -0.2) is 24.9 Å². The van der Waals surface area contributed by atoms with Gasteiger partial charge in [0.15, 0.2) is 0 Å². The third kappa shape index (κ3) is 4.59. The predicted octanol–water partition coefficient (Wildman–Crippen LogP) is 5.32. The summed E-state index contributed by atoms with van der Waals surface area (Å²) in [5, 5.41) is 0. The smallest absolute Gasteiger partial charge is 0.123 e. The Morgan fingerprint density at radius 2 is 0.968 bits per heavy atom. The van der Waals surface area contributed by atoms with E-state index < -0.39 is 0 Å². The minimum atomic E-state index is 0.572. The lowest BCUT2D eigenvalue weighted by Crippen LogP contribution is -1.85. The topological polar surface area (TPSA) is 96.3 Å². The number of H-pyrrole nitrogens is 2. The number of aromatic nitrogens is 5. The highest BCUT2D eigenvalue weighted by Gasteiger charge is 2.01. The van der Waals surface area contributed by atoms with E-state index >= 15 is 0 Å². The molecule has 6 heteroatoms. The second-order valence-corrected chi connectivity index (χ2v) is 7.16. The summed E-state index contributed by atoms with van der Waals surface area (Å²) in [7, 11) is 0. The van der Waals surface area contributed by atoms with Crippen LogP contribution >= 0.6 is 0 Å². The number of fused-ring (bicyclic) bond motifs is 8. The number of pyridine rings is 1. The van der Waals surface area contributed by atoms with Crippen LogP contribution in [0.3, 0.4) is 0 Å². The van der Waals surface area contributed by atoms with Crippen LogP contribution in [0.1, 0.15) is 22.8 Å². The predicted molar refractivity (Wildman–Crippen MR) is 128 cm³/mol. The molecule has 6 heterocycles. The zero-order chi connectivity index (χ0) is 21.0. The Morgan fingerprint density at radius 1 is 0.548 bits per heavy atom. The number of nitrogen functional groups attached to an aromatic ring is 1. The van der Waals surface area contributed by atoms with E-state index in [0.29, 0.717) is 5.82 Å². The zero-order valence-electron chi connectivity index (χ0n) is 16.7. The van der Waals surface area contributed by atoms with Gasteiger partial charge in [0.1, 0.15) is 5.82 Å². The van der Waals surface area contributed by atoms with E-state index in [2.05, 4.69) is 49.2 Å². The van der Waals surface area contributed by atoms with Crippen LogP contribution in [0, 0.1) is 0 Å². The Balaban J connectivity index is 0.000000250. The van der Waals surface area contributed by atoms with Gasteiger partial charge in [-0.2, -0.15) is 0 Å². The van der Waals surface area contributed by atoms with Crippen LogP contribution in [-0.2, 0) is 0 Å². The highest BCUT2D eigenvalue weighted by Crippen LogP contribution is 2.16. The van der Waals surface area contributed by atoms with E-state index in [4.69, 9.17) is 5.73 Å². The van der Waals surface area contributed by atoms with Crippen LogP contribution in [0.5, 0.6) is 0 Å². The van der Waals surface area contributed by atoms with Gasteiger partial charge in [0.2, 0.25) is 0 Å². The van der Waals surface area contributed by atoms with E-state index in [1.807, 2.05) is 60.7 Å². The van der Waals surface area contributed by atoms with Crippen molar-refractivity contribution >= 4 is 52.2 Å². The number of nitrogens with zero attached hydrogens (tertiary/aromatic N) is 3. The molecule has 6 rings (SSSR count). The normalized spacial score (nSPS) is 11.7. The maximum atomic E-state index is 5.25. The fourth-order valence-corrected chi connectivity index (χ4v) is 3.32. The van der Waals surface area contributed by atoms with Crippen molar-refractivity contribution in [2.75, 3.05) is 5.73 Å². The van der Waals surface area contributed by atoms with Crippen molar-refractivity contribution in [3.05, 3.63) is 95.7 Å². The third-order valence-electron chi connectivity index (χ3n) is 4.73. The molecular weight excluding hydrogens is 384 g/mol. The molecular formula is C25H20N6. The Morgan fingerprint density at radius 3 is 1.26 bits per heavy atom. The number of hydrogen-bond donors (Lipinski definition) is 3. The third-order valence-corrected chi connectivity index (χ3v) is 4.73. The largest absolute Gasteiger partial charge is 0.384 e. The molecule has 0 atom stereocenters. The summed E-state index contributed by atoms with van der Waals surface area (Å²) in [6.45, 7) is 0. The quantitative estimate of drug-likeness (QED) is 0.319. The van der Waals surface area contributed by atoms with Crippen LogP contribution in [0.2, 0.25) is 0 Å². The van der Waals surface area contributed by atoms with Gasteiger partial charge in [0, 0.05) is 28.3 Å². The lowest BCUT2D eigenvalue weighted by Gasteiger charge is -1.85. The van der Waals surface area contributed by atoms with Crippen LogP contribution < -0.4 is 5.73 Å². The average molecular weight is 404 g/mol. The first-order chi connectivity index (χ1) is 15.2. The van der Waals surface area contributed by atoms with E-state index in [0.717, 1.165) is 44.8 Å². The van der Waals surface area contributed by atoms with Gasteiger partial charge >= 0.3 is 0 Å². The van der Waals surface area contributed by atoms with E-state index in [1.54, 1.807) is 12.3 Å². The molecule has 0 radical (unpaired) electrons. The van der Waals surface area contributed by atoms with Crippen molar-refractivity contribution in [3.63, 3.8) is 0 Å². The van der Waals surface area contributed by atoms with Gasteiger partial charge in [-0.3, -0.25) is 0 Å². The van der Waals surface area contributed by atoms with Gasteiger partial charge in [-0.05, 0) is 85.0 Å². The molecule has 0 aromatic carbocycles. The molecule has 2 aliphatic heterocycles. The van der Waals surface area contributed by atoms with Gasteiger partial charge in [0.25, 0.3) is 0 Å². The fourth-order valence-electron chi connectivity index (χ4n) is 3.32. The van der Waals surface area contributed by atoms with Crippen LogP contribution in [0.25, 0.3) is 46.4 Å². The molecule has 4 aromatic heterocycles. The maximum absolute atomic E-state index is 5.25. The van der Waals surface area contributed by atoms with E-state index in [-0.39, 0.29) is 0 Å². The van der Waals surface area contributed by atoms with Crippen molar-refractivity contribution in [1.29, 1.82) is 0 Å². The fraction of sp³-hybridized carbons (Fsp3) is 0. The number of nitrogens with two attached hydrogens (primary N) is 1. The minimum Gasteiger partial charge on any atom is -0.384 e. The van der Waals surface area contributed by atoms with Gasteiger partial charge in [-0.25, -0.2) is 15.0 Å². The van der Waals surface area contributed by atoms with E-state index in [9.17, 15) is 0 Å². The molecule has 4 N–H and O–H groups in total. The molecule has 0 unspecified atom stereocenters. The minimum absolute atomic E-state index is 0.572. The Hall–Kier alpha value is -4.45. The molecule has 0 spiro atoms. The van der Waals surface area contributed by atoms with Crippen LogP contribution in [0.15, 0.2) is 72.9 Å². The first-order valence-electron chi connectivity index (χ1n) is 9.91. The second-order valence-electron chi connectivity index (χ2n) is 7.16. The molecule has 31 heavy (non-hydrogen) atoms. The van der Waals surface area contributed by atoms with Crippen molar-refractivity contribution in [3.8, 4) is 0 Å². The van der Waals surface area contributed by atoms with Gasteiger partial charge in [0.05, 0.1) is 22.8 Å². The summed E-state index contributed by atoms with van der Waals surface area (Å²) < 4.78 is 0. The number of nitrogens with one attached hydrogen (secondary N) is 2. The van der Waals surface area contributed by atoms with Crippen LogP contribution in [0.4, 0.5) is 5.82 Å². The number of rotatable bonds is 0. The highest BCUT2D eigenvalue weighted by atomic mass is 14.8. The molecule has 0 amide bonds. The van der Waals surface area contributed by atoms with Crippen molar-refractivity contribution in [2.45, 2.75) is 0 Å². The number of aromatic amines is 2. The Kier molecular flexibility index (Phi) is 4.86. The molecule has 0 fully saturated rings. The molecule has 4 aromatic rings. The SMILES string of the molecule is C1=Cc2cc3ccc(cc4nc(cc5ccc(cc1n2)[nH]5)C=C4)[nH]3.Nc1ccccn1. The summed E-state index contributed by atoms with van der Waals surface area (Å²) >= 11 is 0. The van der Waals surface area contributed by atoms with Crippen molar-refractivity contribution in [2.24, 2.45) is 0 Å². The molecule has 6 nitrogen and oxygen atoms in total. The molecule has 150 valence electrons. The molecule has 2 aliphatic rings. The number of anilines is 1. The summed E-state index contributed by atoms with van der Waals surface area (Å²) in [6.07, 6.45) is 9.75. The molecule has 0 saturated carbocycles. The second kappa shape index (κ2) is 8.12. The average Bonchev–Trinajstić information content (AvgIpc) is 3.55. The monoisotopic (exact) mass is 404 g/mol. The summed E-state index contributed by atoms with van der Waals surface area (Å²) in [5.74, 6) is 0.572. The van der Waals surface area contributed by atoms with Crippen molar-refractivity contribution < 1.29 is 0 Å². The first kappa shape index (κ1) is 18.6. The Labute approximate surface area is 178 Å². The lowest BCUT2D eigenvalue weighted by molar-refractivity contribution is 1.31. The van der Waals surface area contributed by atoms with Crippen molar-refractivity contribution in [1.82, 2.24) is 24.9 Å². The molecule has 0 saturated heterocycles. The molecule has 8 bridgehead atoms. The standard InChI is InChI=1S/C20H14N4.C5H6N2/c1-2-14-10-16-5-6-18(23-16)12-20-8-7-19(24-20)11-17-4-3-15(22-17)9-13(1)21-14;6-5-3-1-2-4-7-5/h1-12,21,24H;1-4H,(H2,6,7). The summed E-state index contributed by atoms with van der Waals surface area (Å²) in [4.78, 5) is 19.8. The lowest BCUT2D eigenvalue weighted by atomic mass is 10.3. The summed E-state index contributed by atoms with van der Waals surface area (Å²) in [6, 6.07) is 21.8. The van der Waals surface area contributed by atoms with Gasteiger partial charge in [-0.15, -0.1) is 0 Å². The highest BCUT2D eigenvalue weighted by molar-refractivity contribution is 5.77.